The van der Waals surface area contributed by atoms with Crippen LogP contribution in [0.2, 0.25) is 0 Å². The van der Waals surface area contributed by atoms with Crippen LogP contribution in [-0.2, 0) is 4.74 Å². The lowest BCUT2D eigenvalue weighted by atomic mass is 9.87. The van der Waals surface area contributed by atoms with Gasteiger partial charge in [-0.1, -0.05) is 20.4 Å². The Balaban J connectivity index is 2.20. The third kappa shape index (κ3) is 2.67. The Morgan fingerprint density at radius 2 is 2.16 bits per heavy atom. The number of nitrogens with zero attached hydrogens (tertiary/aromatic N) is 2. The molecule has 0 aromatic rings. The summed E-state index contributed by atoms with van der Waals surface area (Å²) in [5.74, 6) is 2.91. The minimum atomic E-state index is -0.00676. The Morgan fingerprint density at radius 1 is 1.42 bits per heavy atom. The Bertz CT molecular complexity index is 407. The topological polar surface area (TPSA) is 50.8 Å². The van der Waals surface area contributed by atoms with Crippen molar-refractivity contribution >= 4 is 18.5 Å². The van der Waals surface area contributed by atoms with Gasteiger partial charge in [-0.25, -0.2) is 4.99 Å². The molecule has 0 saturated carbocycles. The number of amidine groups is 1. The lowest BCUT2D eigenvalue weighted by molar-refractivity contribution is -0.0377. The number of thiol groups is 1. The summed E-state index contributed by atoms with van der Waals surface area (Å²) in [5, 5.41) is 0. The molecule has 0 amide bonds. The van der Waals surface area contributed by atoms with Crippen LogP contribution in [0.15, 0.2) is 29.7 Å². The number of ether oxygens (including phenoxy) is 1. The van der Waals surface area contributed by atoms with E-state index in [0.717, 1.165) is 18.6 Å². The van der Waals surface area contributed by atoms with Gasteiger partial charge < -0.3 is 15.4 Å². The average Bonchev–Trinajstić information content (AvgIpc) is 2.76. The van der Waals surface area contributed by atoms with Crippen LogP contribution in [-0.4, -0.2) is 28.8 Å². The summed E-state index contributed by atoms with van der Waals surface area (Å²) in [6, 6.07) is 0. The van der Waals surface area contributed by atoms with E-state index in [-0.39, 0.29) is 12.3 Å². The molecule has 0 bridgehead atoms. The fourth-order valence-corrected chi connectivity index (χ4v) is 3.52. The summed E-state index contributed by atoms with van der Waals surface area (Å²) in [4.78, 5) is 6.22. The first-order valence-corrected chi connectivity index (χ1v) is 7.51. The molecule has 2 aliphatic rings. The Hall–Kier alpha value is -0.940. The van der Waals surface area contributed by atoms with Gasteiger partial charge in [-0.15, -0.1) is 0 Å². The first-order valence-electron chi connectivity index (χ1n) is 6.88. The van der Waals surface area contributed by atoms with E-state index in [1.54, 1.807) is 6.08 Å². The van der Waals surface area contributed by atoms with E-state index in [0.29, 0.717) is 23.5 Å². The van der Waals surface area contributed by atoms with Gasteiger partial charge in [0.1, 0.15) is 17.9 Å². The van der Waals surface area contributed by atoms with Crippen LogP contribution in [0.5, 0.6) is 0 Å². The summed E-state index contributed by atoms with van der Waals surface area (Å²) in [6.07, 6.45) is 6.03. The highest BCUT2D eigenvalue weighted by Gasteiger charge is 2.44. The first-order chi connectivity index (χ1) is 9.12. The molecule has 2 rings (SSSR count). The maximum absolute atomic E-state index is 6.22. The number of hydrogen-bond donors (Lipinski definition) is 2. The summed E-state index contributed by atoms with van der Waals surface area (Å²) >= 11 is 4.50. The lowest BCUT2D eigenvalue weighted by Gasteiger charge is -2.32. The van der Waals surface area contributed by atoms with Gasteiger partial charge >= 0.3 is 0 Å². The highest BCUT2D eigenvalue weighted by Crippen LogP contribution is 2.40. The zero-order valence-electron chi connectivity index (χ0n) is 11.6. The molecule has 4 unspecified atom stereocenters. The summed E-state index contributed by atoms with van der Waals surface area (Å²) in [5.41, 5.74) is 5.68. The summed E-state index contributed by atoms with van der Waals surface area (Å²) in [6.45, 7) is 8.33. The van der Waals surface area contributed by atoms with Gasteiger partial charge in [-0.05, 0) is 24.7 Å². The molecule has 0 radical (unpaired) electrons. The van der Waals surface area contributed by atoms with Crippen LogP contribution in [0, 0.1) is 11.8 Å². The van der Waals surface area contributed by atoms with Crippen LogP contribution in [0.25, 0.3) is 0 Å². The van der Waals surface area contributed by atoms with Crippen LogP contribution in [0.3, 0.4) is 0 Å². The third-order valence-electron chi connectivity index (χ3n) is 4.03. The molecule has 2 heterocycles. The van der Waals surface area contributed by atoms with Crippen LogP contribution < -0.4 is 5.73 Å². The molecule has 106 valence electrons. The summed E-state index contributed by atoms with van der Waals surface area (Å²) in [7, 11) is 0. The maximum Gasteiger partial charge on any atom is 0.138 e. The van der Waals surface area contributed by atoms with Gasteiger partial charge in [0.2, 0.25) is 0 Å². The van der Waals surface area contributed by atoms with E-state index in [1.165, 1.54) is 0 Å². The maximum atomic E-state index is 6.22. The fraction of sp³-hybridized carbons (Fsp3) is 0.643. The number of hydrogen-bond acceptors (Lipinski definition) is 5. The zero-order chi connectivity index (χ0) is 14.0. The van der Waals surface area contributed by atoms with E-state index < -0.39 is 0 Å². The quantitative estimate of drug-likeness (QED) is 0.778. The van der Waals surface area contributed by atoms with Crippen LogP contribution >= 0.6 is 12.6 Å². The molecule has 4 atom stereocenters. The van der Waals surface area contributed by atoms with Crippen LogP contribution in [0.4, 0.5) is 0 Å². The van der Waals surface area contributed by atoms with E-state index in [4.69, 9.17) is 10.5 Å². The molecule has 2 aliphatic heterocycles. The van der Waals surface area contributed by atoms with Gasteiger partial charge in [0, 0.05) is 18.0 Å². The van der Waals surface area contributed by atoms with Crippen molar-refractivity contribution in [3.8, 4) is 0 Å². The predicted molar refractivity (Wildman–Crippen MR) is 81.8 cm³/mol. The number of aliphatic imine (C=N–C) groups is 1. The number of rotatable bonds is 4. The smallest absolute Gasteiger partial charge is 0.138 e. The number of nitrogens with two attached hydrogens (primary N) is 1. The molecule has 4 nitrogen and oxygen atoms in total. The second kappa shape index (κ2) is 6.01. The van der Waals surface area contributed by atoms with Crippen molar-refractivity contribution in [1.82, 2.24) is 4.90 Å². The van der Waals surface area contributed by atoms with E-state index in [1.807, 2.05) is 11.1 Å². The van der Waals surface area contributed by atoms with Crippen molar-refractivity contribution in [2.24, 2.45) is 22.6 Å². The Labute approximate surface area is 120 Å². The van der Waals surface area contributed by atoms with Gasteiger partial charge in [-0.3, -0.25) is 0 Å². The molecular weight excluding hydrogens is 258 g/mol. The highest BCUT2D eigenvalue weighted by atomic mass is 32.1. The standard InChI is InChI=1S/C14H23N3OS/c1-4-10-11(8-19)12(5-2)18-14(10)17-7-6-13(15)16-9(17)3/h6-7,10-12,14,19H,3-5,8H2,1-2H3,(H2,15,16). The molecular formula is C14H23N3OS. The van der Waals surface area contributed by atoms with Crippen molar-refractivity contribution < 1.29 is 4.74 Å². The molecule has 5 heteroatoms. The molecule has 0 aliphatic carbocycles. The SMILES string of the molecule is C=C1N=C(N)C=CN1C1OC(CC)C(CS)C1CC. The predicted octanol–water partition coefficient (Wildman–Crippen LogP) is 2.35. The van der Waals surface area contributed by atoms with Crippen molar-refractivity contribution in [2.45, 2.75) is 39.0 Å². The summed E-state index contributed by atoms with van der Waals surface area (Å²) < 4.78 is 6.22. The Kier molecular flexibility index (Phi) is 4.58. The average molecular weight is 281 g/mol. The largest absolute Gasteiger partial charge is 0.384 e. The monoisotopic (exact) mass is 281 g/mol. The van der Waals surface area contributed by atoms with Crippen LogP contribution in [0.1, 0.15) is 26.7 Å². The van der Waals surface area contributed by atoms with Gasteiger partial charge in [0.15, 0.2) is 0 Å². The second-order valence-corrected chi connectivity index (χ2v) is 5.43. The van der Waals surface area contributed by atoms with Gasteiger partial charge in [0.25, 0.3) is 0 Å². The zero-order valence-corrected chi connectivity index (χ0v) is 12.5. The van der Waals surface area contributed by atoms with Crippen molar-refractivity contribution in [3.05, 3.63) is 24.7 Å². The van der Waals surface area contributed by atoms with E-state index in [9.17, 15) is 0 Å². The second-order valence-electron chi connectivity index (χ2n) is 5.07. The molecule has 19 heavy (non-hydrogen) atoms. The highest BCUT2D eigenvalue weighted by molar-refractivity contribution is 7.80. The molecule has 1 saturated heterocycles. The van der Waals surface area contributed by atoms with Crippen molar-refractivity contribution in [2.75, 3.05) is 5.75 Å². The van der Waals surface area contributed by atoms with Gasteiger partial charge in [-0.2, -0.15) is 12.6 Å². The lowest BCUT2D eigenvalue weighted by Crippen LogP contribution is -2.37. The fourth-order valence-electron chi connectivity index (χ4n) is 3.01. The minimum Gasteiger partial charge on any atom is -0.384 e. The minimum absolute atomic E-state index is 0.00676. The van der Waals surface area contributed by atoms with E-state index >= 15 is 0 Å². The Morgan fingerprint density at radius 3 is 2.68 bits per heavy atom. The van der Waals surface area contributed by atoms with E-state index in [2.05, 4.69) is 38.0 Å². The van der Waals surface area contributed by atoms with Gasteiger partial charge in [0.05, 0.1) is 6.10 Å². The molecule has 0 spiro atoms. The molecule has 2 N–H and O–H groups in total. The third-order valence-corrected chi connectivity index (χ3v) is 4.45. The molecule has 0 aromatic carbocycles. The first kappa shape index (κ1) is 14.5. The normalized spacial score (nSPS) is 34.8. The van der Waals surface area contributed by atoms with Crippen molar-refractivity contribution in [3.63, 3.8) is 0 Å². The molecule has 1 fully saturated rings. The van der Waals surface area contributed by atoms with Crippen molar-refractivity contribution in [1.29, 1.82) is 0 Å². The molecule has 0 aromatic heterocycles.